The molecule has 4 rings (SSSR count). The third kappa shape index (κ3) is 4.09. The number of hydrogen-bond acceptors (Lipinski definition) is 5. The van der Waals surface area contributed by atoms with Gasteiger partial charge in [0.2, 0.25) is 0 Å². The molecule has 7 heteroatoms. The van der Waals surface area contributed by atoms with Crippen molar-refractivity contribution in [3.05, 3.63) is 59.7 Å². The fraction of sp³-hybridized carbons (Fsp3) is 0.333. The zero-order chi connectivity index (χ0) is 19.3. The quantitative estimate of drug-likeness (QED) is 0.781. The van der Waals surface area contributed by atoms with Crippen LogP contribution in [0.15, 0.2) is 48.5 Å². The van der Waals surface area contributed by atoms with Crippen LogP contribution < -0.4 is 20.1 Å². The second-order valence-corrected chi connectivity index (χ2v) is 6.73. The molecule has 0 bridgehead atoms. The Morgan fingerprint density at radius 2 is 1.64 bits per heavy atom. The molecule has 0 radical (unpaired) electrons. The van der Waals surface area contributed by atoms with E-state index in [-0.39, 0.29) is 25.3 Å². The summed E-state index contributed by atoms with van der Waals surface area (Å²) in [6.45, 7) is 1.35. The minimum absolute atomic E-state index is 0.184. The predicted octanol–water partition coefficient (Wildman–Crippen LogP) is 1.37. The molecule has 0 spiro atoms. The molecule has 2 aliphatic heterocycles. The molecule has 2 aromatic carbocycles. The zero-order valence-corrected chi connectivity index (χ0v) is 15.4. The zero-order valence-electron chi connectivity index (χ0n) is 15.4. The average molecular weight is 382 g/mol. The van der Waals surface area contributed by atoms with Crippen LogP contribution in [0.25, 0.3) is 0 Å². The lowest BCUT2D eigenvalue weighted by molar-refractivity contribution is -0.139. The highest BCUT2D eigenvalue weighted by molar-refractivity contribution is 6.35. The summed E-state index contributed by atoms with van der Waals surface area (Å²) in [5.41, 5.74) is 2.27. The van der Waals surface area contributed by atoms with Crippen molar-refractivity contribution in [2.45, 2.75) is 18.6 Å². The Hall–Kier alpha value is -3.06. The molecular formula is C21H22N2O5. The van der Waals surface area contributed by atoms with Gasteiger partial charge in [-0.15, -0.1) is 0 Å². The number of amides is 2. The molecule has 0 unspecified atom stereocenters. The molecule has 0 aromatic heterocycles. The SMILES string of the molecule is O=C(NC[C@H]1COc2ccccc2O1)C(=O)NC[C@@H]1OCCc2ccccc21. The van der Waals surface area contributed by atoms with Crippen LogP contribution in [0.2, 0.25) is 0 Å². The highest BCUT2D eigenvalue weighted by Gasteiger charge is 2.24. The molecular weight excluding hydrogens is 360 g/mol. The van der Waals surface area contributed by atoms with Crippen molar-refractivity contribution in [1.82, 2.24) is 10.6 Å². The first-order chi connectivity index (χ1) is 13.7. The van der Waals surface area contributed by atoms with Crippen molar-refractivity contribution in [2.75, 3.05) is 26.3 Å². The maximum atomic E-state index is 12.1. The summed E-state index contributed by atoms with van der Waals surface area (Å²) in [5.74, 6) is -0.0866. The first kappa shape index (κ1) is 18.3. The van der Waals surface area contributed by atoms with Crippen molar-refractivity contribution in [3.63, 3.8) is 0 Å². The molecule has 0 saturated carbocycles. The molecule has 0 fully saturated rings. The van der Waals surface area contributed by atoms with Crippen molar-refractivity contribution in [1.29, 1.82) is 0 Å². The smallest absolute Gasteiger partial charge is 0.309 e. The fourth-order valence-electron chi connectivity index (χ4n) is 3.36. The highest BCUT2D eigenvalue weighted by Crippen LogP contribution is 2.30. The van der Waals surface area contributed by atoms with Gasteiger partial charge in [0.1, 0.15) is 18.8 Å². The van der Waals surface area contributed by atoms with E-state index in [0.29, 0.717) is 24.7 Å². The summed E-state index contributed by atoms with van der Waals surface area (Å²) in [7, 11) is 0. The van der Waals surface area contributed by atoms with Crippen molar-refractivity contribution >= 4 is 11.8 Å². The molecule has 2 amide bonds. The largest absolute Gasteiger partial charge is 0.486 e. The van der Waals surface area contributed by atoms with Gasteiger partial charge in [-0.3, -0.25) is 9.59 Å². The van der Waals surface area contributed by atoms with Gasteiger partial charge < -0.3 is 24.8 Å². The molecule has 0 saturated heterocycles. The van der Waals surface area contributed by atoms with E-state index < -0.39 is 11.8 Å². The first-order valence-electron chi connectivity index (χ1n) is 9.34. The molecule has 0 aliphatic carbocycles. The number of carbonyl (C=O) groups is 2. The van der Waals surface area contributed by atoms with Crippen LogP contribution in [0.4, 0.5) is 0 Å². The van der Waals surface area contributed by atoms with Gasteiger partial charge in [-0.25, -0.2) is 0 Å². The number of ether oxygens (including phenoxy) is 3. The topological polar surface area (TPSA) is 85.9 Å². The van der Waals surface area contributed by atoms with Crippen molar-refractivity contribution in [2.24, 2.45) is 0 Å². The standard InChI is InChI=1S/C21H22N2O5/c24-20(22-11-15-13-27-17-7-3-4-8-18(17)28-15)21(25)23-12-19-16-6-2-1-5-14(16)9-10-26-19/h1-8,15,19H,9-13H2,(H,22,24)(H,23,25)/t15-,19-/m0/s1. The summed E-state index contributed by atoms with van der Waals surface area (Å²) in [6, 6.07) is 15.3. The summed E-state index contributed by atoms with van der Waals surface area (Å²) >= 11 is 0. The third-order valence-electron chi connectivity index (χ3n) is 4.80. The van der Waals surface area contributed by atoms with Crippen LogP contribution in [0.1, 0.15) is 17.2 Å². The maximum Gasteiger partial charge on any atom is 0.309 e. The van der Waals surface area contributed by atoms with E-state index in [2.05, 4.69) is 16.7 Å². The van der Waals surface area contributed by atoms with Gasteiger partial charge >= 0.3 is 11.8 Å². The molecule has 2 aromatic rings. The Labute approximate surface area is 163 Å². The Bertz CT molecular complexity index is 869. The minimum Gasteiger partial charge on any atom is -0.486 e. The number of para-hydroxylation sites is 2. The number of rotatable bonds is 4. The molecule has 2 aliphatic rings. The molecule has 7 nitrogen and oxygen atoms in total. The number of fused-ring (bicyclic) bond motifs is 2. The van der Waals surface area contributed by atoms with Crippen LogP contribution in [0.3, 0.4) is 0 Å². The fourth-order valence-corrected chi connectivity index (χ4v) is 3.36. The lowest BCUT2D eigenvalue weighted by atomic mass is 9.97. The van der Waals surface area contributed by atoms with Gasteiger partial charge in [-0.05, 0) is 29.7 Å². The first-order valence-corrected chi connectivity index (χ1v) is 9.34. The molecule has 2 atom stereocenters. The van der Waals surface area contributed by atoms with Gasteiger partial charge in [0.25, 0.3) is 0 Å². The van der Waals surface area contributed by atoms with Crippen LogP contribution in [-0.4, -0.2) is 44.2 Å². The Balaban J connectivity index is 1.24. The molecule has 28 heavy (non-hydrogen) atoms. The summed E-state index contributed by atoms with van der Waals surface area (Å²) < 4.78 is 17.1. The minimum atomic E-state index is -0.702. The van der Waals surface area contributed by atoms with E-state index in [4.69, 9.17) is 14.2 Å². The lowest BCUT2D eigenvalue weighted by Crippen LogP contribution is -2.46. The second kappa shape index (κ2) is 8.31. The van der Waals surface area contributed by atoms with Crippen LogP contribution in [-0.2, 0) is 20.7 Å². The van der Waals surface area contributed by atoms with E-state index >= 15 is 0 Å². The summed E-state index contributed by atoms with van der Waals surface area (Å²) in [5, 5.41) is 5.24. The Morgan fingerprint density at radius 3 is 2.50 bits per heavy atom. The van der Waals surface area contributed by atoms with E-state index in [1.807, 2.05) is 36.4 Å². The number of nitrogens with one attached hydrogen (secondary N) is 2. The Morgan fingerprint density at radius 1 is 0.929 bits per heavy atom. The van der Waals surface area contributed by atoms with Crippen LogP contribution in [0.5, 0.6) is 11.5 Å². The van der Waals surface area contributed by atoms with Gasteiger partial charge in [0.15, 0.2) is 11.5 Å². The third-order valence-corrected chi connectivity index (χ3v) is 4.80. The van der Waals surface area contributed by atoms with Gasteiger partial charge in [0.05, 0.1) is 13.2 Å². The number of carbonyl (C=O) groups excluding carboxylic acids is 2. The molecule has 146 valence electrons. The van der Waals surface area contributed by atoms with Gasteiger partial charge in [-0.2, -0.15) is 0 Å². The average Bonchev–Trinajstić information content (AvgIpc) is 2.75. The van der Waals surface area contributed by atoms with Gasteiger partial charge in [-0.1, -0.05) is 36.4 Å². The molecule has 2 heterocycles. The summed E-state index contributed by atoms with van der Waals surface area (Å²) in [6.07, 6.45) is 0.265. The normalized spacial score (nSPS) is 20.0. The van der Waals surface area contributed by atoms with Gasteiger partial charge in [0, 0.05) is 6.54 Å². The predicted molar refractivity (Wildman–Crippen MR) is 101 cm³/mol. The second-order valence-electron chi connectivity index (χ2n) is 6.73. The van der Waals surface area contributed by atoms with Crippen LogP contribution in [0, 0.1) is 0 Å². The van der Waals surface area contributed by atoms with Crippen LogP contribution >= 0.6 is 0 Å². The van der Waals surface area contributed by atoms with E-state index in [1.165, 1.54) is 5.56 Å². The van der Waals surface area contributed by atoms with Crippen molar-refractivity contribution in [3.8, 4) is 11.5 Å². The van der Waals surface area contributed by atoms with E-state index in [9.17, 15) is 9.59 Å². The highest BCUT2D eigenvalue weighted by atomic mass is 16.6. The lowest BCUT2D eigenvalue weighted by Gasteiger charge is -2.27. The maximum absolute atomic E-state index is 12.1. The van der Waals surface area contributed by atoms with E-state index in [0.717, 1.165) is 12.0 Å². The number of hydrogen-bond donors (Lipinski definition) is 2. The summed E-state index contributed by atoms with van der Waals surface area (Å²) in [4.78, 5) is 24.2. The van der Waals surface area contributed by atoms with Crippen molar-refractivity contribution < 1.29 is 23.8 Å². The Kier molecular flexibility index (Phi) is 5.43. The molecule has 2 N–H and O–H groups in total. The monoisotopic (exact) mass is 382 g/mol. The van der Waals surface area contributed by atoms with E-state index in [1.54, 1.807) is 6.07 Å². The number of benzene rings is 2.